The number of hydrogen-bond donors (Lipinski definition) is 1. The summed E-state index contributed by atoms with van der Waals surface area (Å²) < 4.78 is 0. The number of aromatic nitrogens is 1. The van der Waals surface area contributed by atoms with Gasteiger partial charge in [0.25, 0.3) is 0 Å². The normalized spacial score (nSPS) is 10.8. The monoisotopic (exact) mass is 139 g/mol. The molecule has 0 saturated carbocycles. The minimum absolute atomic E-state index is 0.597. The zero-order valence-corrected chi connectivity index (χ0v) is 5.90. The fourth-order valence-corrected chi connectivity index (χ4v) is 1.01. The van der Waals surface area contributed by atoms with Crippen LogP contribution in [-0.2, 0) is 0 Å². The molecule has 1 aromatic heterocycles. The molecule has 2 nitrogen and oxygen atoms in total. The second-order valence-electron chi connectivity index (χ2n) is 1.50. The summed E-state index contributed by atoms with van der Waals surface area (Å²) in [6.45, 7) is 1.90. The lowest BCUT2D eigenvalue weighted by Gasteiger charge is -1.75. The summed E-state index contributed by atoms with van der Waals surface area (Å²) in [5.74, 6) is 0. The molecule has 9 heavy (non-hydrogen) atoms. The van der Waals surface area contributed by atoms with E-state index in [4.69, 9.17) is 5.73 Å². The number of rotatable bonds is 1. The fourth-order valence-electron chi connectivity index (χ4n) is 0.502. The topological polar surface area (TPSA) is 38.9 Å². The van der Waals surface area contributed by atoms with Crippen molar-refractivity contribution in [1.29, 1.82) is 0 Å². The summed E-state index contributed by atoms with van der Waals surface area (Å²) in [6, 6.07) is 0. The number of nitrogens with zero attached hydrogens (tertiary/aromatic N) is 1. The maximum Gasteiger partial charge on any atom is 0.180 e. The van der Waals surface area contributed by atoms with Crippen LogP contribution in [-0.4, -0.2) is 4.98 Å². The Morgan fingerprint density at radius 3 is 3.11 bits per heavy atom. The predicted molar refractivity (Wildman–Crippen MR) is 39.1 cm³/mol. The summed E-state index contributed by atoms with van der Waals surface area (Å²) in [6.07, 6.45) is 4.74. The summed E-state index contributed by atoms with van der Waals surface area (Å²) >= 11 is 1.43. The molecule has 1 aromatic rings. The van der Waals surface area contributed by atoms with Gasteiger partial charge in [0.1, 0.15) is 0 Å². The molecule has 0 aromatic carbocycles. The van der Waals surface area contributed by atoms with E-state index in [9.17, 15) is 0 Å². The molecule has 1 heterocycles. The van der Waals surface area contributed by atoms with Gasteiger partial charge in [-0.25, -0.2) is 4.98 Å². The molecule has 0 atom stereocenters. The molecule has 0 amide bonds. The van der Waals surface area contributed by atoms with Gasteiger partial charge in [-0.1, -0.05) is 6.08 Å². The van der Waals surface area contributed by atoms with Crippen molar-refractivity contribution in [2.45, 2.75) is 6.92 Å². The number of allylic oxidation sites excluding steroid dienone is 1. The molecule has 47 valence electrons. The first-order valence-electron chi connectivity index (χ1n) is 2.58. The third-order valence-corrected chi connectivity index (χ3v) is 1.49. The molecule has 0 spiro atoms. The predicted octanol–water partition coefficient (Wildman–Crippen LogP) is 1.45. The smallest absolute Gasteiger partial charge is 0.180 e. The summed E-state index contributed by atoms with van der Waals surface area (Å²) in [5.41, 5.74) is 6.18. The highest BCUT2D eigenvalue weighted by atomic mass is 32.1. The first kappa shape index (κ1) is 6.29. The zero-order chi connectivity index (χ0) is 6.69. The third kappa shape index (κ3) is 1.54. The van der Waals surface area contributed by atoms with Crippen molar-refractivity contribution in [1.82, 2.24) is 4.98 Å². The van der Waals surface area contributed by atoms with Crippen LogP contribution >= 0.6 is 11.3 Å². The molecule has 0 aliphatic rings. The molecule has 0 unspecified atom stereocenters. The van der Waals surface area contributed by atoms with Gasteiger partial charge >= 0.3 is 0 Å². The number of anilines is 1. The molecule has 0 bridgehead atoms. The summed E-state index contributed by atoms with van der Waals surface area (Å²) in [7, 11) is 0. The quantitative estimate of drug-likeness (QED) is 0.639. The van der Waals surface area contributed by atoms with E-state index in [0.717, 1.165) is 5.69 Å². The van der Waals surface area contributed by atoms with Crippen LogP contribution < -0.4 is 5.73 Å². The van der Waals surface area contributed by atoms with E-state index in [1.54, 1.807) is 0 Å². The Hall–Kier alpha value is -0.830. The Bertz CT molecular complexity index is 215. The zero-order valence-electron chi connectivity index (χ0n) is 5.09. The van der Waals surface area contributed by atoms with Gasteiger partial charge in [-0.3, -0.25) is 0 Å². The number of thiazole rings is 1. The van der Waals surface area contributed by atoms with Crippen molar-refractivity contribution in [2.24, 2.45) is 0 Å². The van der Waals surface area contributed by atoms with Crippen LogP contribution in [0.15, 0.2) is 11.5 Å². The van der Waals surface area contributed by atoms with E-state index < -0.39 is 0 Å². The lowest BCUT2D eigenvalue weighted by atomic mass is 10.4. The summed E-state index contributed by atoms with van der Waals surface area (Å²) in [4.78, 5) is 3.95. The van der Waals surface area contributed by atoms with Crippen LogP contribution in [0.5, 0.6) is 0 Å². The van der Waals surface area contributed by atoms with Crippen LogP contribution in [0.1, 0.15) is 12.6 Å². The SMILES string of the molecule is C/C=[C]/c1csc(N)n1. The molecule has 0 aliphatic heterocycles. The largest absolute Gasteiger partial charge is 0.375 e. The summed E-state index contributed by atoms with van der Waals surface area (Å²) in [5, 5.41) is 2.47. The van der Waals surface area contributed by atoms with Gasteiger partial charge in [0.2, 0.25) is 0 Å². The lowest BCUT2D eigenvalue weighted by molar-refractivity contribution is 1.33. The standard InChI is InChI=1S/C6H7N2S/c1-2-3-5-4-9-6(7)8-5/h2,4H,1H3,(H2,7,8). The van der Waals surface area contributed by atoms with E-state index in [1.165, 1.54) is 11.3 Å². The maximum absolute atomic E-state index is 5.36. The molecule has 2 N–H and O–H groups in total. The number of hydrogen-bond acceptors (Lipinski definition) is 3. The highest BCUT2D eigenvalue weighted by Crippen LogP contribution is 2.10. The van der Waals surface area contributed by atoms with Gasteiger partial charge in [-0.15, -0.1) is 11.3 Å². The molecular weight excluding hydrogens is 132 g/mol. The van der Waals surface area contributed by atoms with Crippen molar-refractivity contribution >= 4 is 16.5 Å². The van der Waals surface area contributed by atoms with E-state index in [-0.39, 0.29) is 0 Å². The average Bonchev–Trinajstić information content (AvgIpc) is 2.17. The van der Waals surface area contributed by atoms with Crippen LogP contribution in [0.3, 0.4) is 0 Å². The fraction of sp³-hybridized carbons (Fsp3) is 0.167. The highest BCUT2D eigenvalue weighted by molar-refractivity contribution is 7.13. The molecule has 1 radical (unpaired) electrons. The van der Waals surface area contributed by atoms with Gasteiger partial charge in [0.15, 0.2) is 5.13 Å². The average molecular weight is 139 g/mol. The number of nitrogens with two attached hydrogens (primary N) is 1. The molecule has 0 saturated heterocycles. The van der Waals surface area contributed by atoms with Crippen molar-refractivity contribution in [3.05, 3.63) is 23.2 Å². The Morgan fingerprint density at radius 1 is 1.89 bits per heavy atom. The minimum Gasteiger partial charge on any atom is -0.375 e. The Balaban J connectivity index is 2.85. The molecule has 3 heteroatoms. The lowest BCUT2D eigenvalue weighted by Crippen LogP contribution is -1.81. The Labute approximate surface area is 58.0 Å². The van der Waals surface area contributed by atoms with Crippen LogP contribution in [0.25, 0.3) is 0 Å². The molecule has 1 rings (SSSR count). The minimum atomic E-state index is 0.597. The molecular formula is C6H7N2S. The van der Waals surface area contributed by atoms with Crippen LogP contribution in [0.2, 0.25) is 0 Å². The van der Waals surface area contributed by atoms with Gasteiger partial charge in [0, 0.05) is 11.5 Å². The van der Waals surface area contributed by atoms with Gasteiger partial charge in [-0.2, -0.15) is 0 Å². The van der Waals surface area contributed by atoms with E-state index in [0.29, 0.717) is 5.13 Å². The molecule has 0 fully saturated rings. The third-order valence-electron chi connectivity index (χ3n) is 0.814. The number of nitrogen functional groups attached to an aromatic ring is 1. The Morgan fingerprint density at radius 2 is 2.67 bits per heavy atom. The second kappa shape index (κ2) is 2.64. The molecule has 0 aliphatic carbocycles. The second-order valence-corrected chi connectivity index (χ2v) is 2.39. The van der Waals surface area contributed by atoms with E-state index in [1.807, 2.05) is 18.4 Å². The van der Waals surface area contributed by atoms with Crippen molar-refractivity contribution in [3.8, 4) is 0 Å². The Kier molecular flexibility index (Phi) is 1.85. The van der Waals surface area contributed by atoms with Crippen molar-refractivity contribution in [2.75, 3.05) is 5.73 Å². The van der Waals surface area contributed by atoms with Crippen LogP contribution in [0, 0.1) is 6.08 Å². The van der Waals surface area contributed by atoms with E-state index >= 15 is 0 Å². The van der Waals surface area contributed by atoms with Gasteiger partial charge in [-0.05, 0) is 6.92 Å². The van der Waals surface area contributed by atoms with Gasteiger partial charge < -0.3 is 5.73 Å². The van der Waals surface area contributed by atoms with Crippen molar-refractivity contribution in [3.63, 3.8) is 0 Å². The first-order valence-corrected chi connectivity index (χ1v) is 3.46. The highest BCUT2D eigenvalue weighted by Gasteiger charge is 1.90. The van der Waals surface area contributed by atoms with Crippen molar-refractivity contribution < 1.29 is 0 Å². The first-order chi connectivity index (χ1) is 4.33. The van der Waals surface area contributed by atoms with Gasteiger partial charge in [0.05, 0.1) is 5.69 Å². The van der Waals surface area contributed by atoms with Crippen LogP contribution in [0.4, 0.5) is 5.13 Å². The maximum atomic E-state index is 5.36. The van der Waals surface area contributed by atoms with E-state index in [2.05, 4.69) is 11.1 Å².